The third-order valence-electron chi connectivity index (χ3n) is 3.05. The zero-order valence-corrected chi connectivity index (χ0v) is 11.6. The average Bonchev–Trinajstić information content (AvgIpc) is 2.40. The SMILES string of the molecule is CNC(c1cc(OC)c(OC)cc1C)C(F)(F)C(F)F. The van der Waals surface area contributed by atoms with Gasteiger partial charge in [-0.3, -0.25) is 0 Å². The van der Waals surface area contributed by atoms with Crippen LogP contribution in [0.2, 0.25) is 0 Å². The van der Waals surface area contributed by atoms with Crippen LogP contribution in [-0.4, -0.2) is 33.6 Å². The molecule has 114 valence electrons. The Morgan fingerprint density at radius 1 is 1.10 bits per heavy atom. The number of ether oxygens (including phenoxy) is 2. The van der Waals surface area contributed by atoms with Gasteiger partial charge in [0.2, 0.25) is 0 Å². The molecule has 1 N–H and O–H groups in total. The average molecular weight is 295 g/mol. The second kappa shape index (κ2) is 6.30. The lowest BCUT2D eigenvalue weighted by molar-refractivity contribution is -0.150. The molecule has 1 atom stereocenters. The van der Waals surface area contributed by atoms with E-state index in [0.29, 0.717) is 11.3 Å². The predicted octanol–water partition coefficient (Wildman–Crippen LogP) is 3.17. The van der Waals surface area contributed by atoms with E-state index in [2.05, 4.69) is 5.32 Å². The minimum atomic E-state index is -4.20. The zero-order chi connectivity index (χ0) is 15.5. The molecule has 0 fully saturated rings. The van der Waals surface area contributed by atoms with Gasteiger partial charge in [-0.25, -0.2) is 8.78 Å². The van der Waals surface area contributed by atoms with E-state index >= 15 is 0 Å². The maximum atomic E-state index is 13.6. The third kappa shape index (κ3) is 2.98. The first-order chi connectivity index (χ1) is 9.29. The Balaban J connectivity index is 3.36. The number of hydrogen-bond acceptors (Lipinski definition) is 3. The van der Waals surface area contributed by atoms with Crippen molar-refractivity contribution in [1.82, 2.24) is 5.32 Å². The molecule has 1 rings (SSSR count). The van der Waals surface area contributed by atoms with Crippen LogP contribution in [0.1, 0.15) is 17.2 Å². The fraction of sp³-hybridized carbons (Fsp3) is 0.538. The molecule has 0 amide bonds. The molecule has 0 spiro atoms. The van der Waals surface area contributed by atoms with Crippen molar-refractivity contribution in [1.29, 1.82) is 0 Å². The van der Waals surface area contributed by atoms with E-state index in [1.54, 1.807) is 6.92 Å². The van der Waals surface area contributed by atoms with Crippen LogP contribution in [0.5, 0.6) is 11.5 Å². The Morgan fingerprint density at radius 3 is 2.00 bits per heavy atom. The summed E-state index contributed by atoms with van der Waals surface area (Å²) in [4.78, 5) is 0. The molecular formula is C13H17F4NO2. The van der Waals surface area contributed by atoms with E-state index in [1.807, 2.05) is 0 Å². The molecule has 0 radical (unpaired) electrons. The first-order valence-corrected chi connectivity index (χ1v) is 5.85. The smallest absolute Gasteiger partial charge is 0.326 e. The molecule has 0 bridgehead atoms. The van der Waals surface area contributed by atoms with Gasteiger partial charge in [0.1, 0.15) is 6.04 Å². The number of aryl methyl sites for hydroxylation is 1. The molecule has 3 nitrogen and oxygen atoms in total. The number of halogens is 4. The number of nitrogens with one attached hydrogen (secondary N) is 1. The Labute approximate surface area is 114 Å². The first kappa shape index (κ1) is 16.6. The van der Waals surface area contributed by atoms with Gasteiger partial charge in [-0.15, -0.1) is 0 Å². The highest BCUT2D eigenvalue weighted by atomic mass is 19.3. The highest BCUT2D eigenvalue weighted by Gasteiger charge is 2.49. The molecule has 1 aromatic rings. The molecule has 0 aromatic heterocycles. The molecule has 20 heavy (non-hydrogen) atoms. The van der Waals surface area contributed by atoms with E-state index in [9.17, 15) is 17.6 Å². The van der Waals surface area contributed by atoms with Crippen LogP contribution in [0.3, 0.4) is 0 Å². The monoisotopic (exact) mass is 295 g/mol. The van der Waals surface area contributed by atoms with Crippen molar-refractivity contribution in [2.75, 3.05) is 21.3 Å². The summed E-state index contributed by atoms with van der Waals surface area (Å²) in [6.07, 6.45) is -3.77. The quantitative estimate of drug-likeness (QED) is 0.818. The maximum Gasteiger partial charge on any atom is 0.326 e. The van der Waals surface area contributed by atoms with Crippen molar-refractivity contribution in [3.8, 4) is 11.5 Å². The minimum absolute atomic E-state index is 0.0375. The van der Waals surface area contributed by atoms with Gasteiger partial charge in [0.15, 0.2) is 11.5 Å². The van der Waals surface area contributed by atoms with Gasteiger partial charge in [-0.2, -0.15) is 8.78 Å². The van der Waals surface area contributed by atoms with Crippen molar-refractivity contribution in [2.24, 2.45) is 0 Å². The fourth-order valence-electron chi connectivity index (χ4n) is 1.99. The Hall–Kier alpha value is -1.50. The summed E-state index contributed by atoms with van der Waals surface area (Å²) in [5, 5.41) is 2.24. The molecule has 7 heteroatoms. The van der Waals surface area contributed by atoms with Gasteiger partial charge >= 0.3 is 12.3 Å². The van der Waals surface area contributed by atoms with Crippen molar-refractivity contribution < 1.29 is 27.0 Å². The first-order valence-electron chi connectivity index (χ1n) is 5.85. The highest BCUT2D eigenvalue weighted by Crippen LogP contribution is 2.41. The molecular weight excluding hydrogens is 278 g/mol. The lowest BCUT2D eigenvalue weighted by Crippen LogP contribution is -2.41. The van der Waals surface area contributed by atoms with Crippen molar-refractivity contribution in [2.45, 2.75) is 25.3 Å². The van der Waals surface area contributed by atoms with Crippen LogP contribution in [0.25, 0.3) is 0 Å². The summed E-state index contributed by atoms with van der Waals surface area (Å²) in [6, 6.07) is 0.938. The van der Waals surface area contributed by atoms with E-state index in [4.69, 9.17) is 9.47 Å². The van der Waals surface area contributed by atoms with Gasteiger partial charge in [0.25, 0.3) is 0 Å². The molecule has 0 heterocycles. The zero-order valence-electron chi connectivity index (χ0n) is 11.6. The molecule has 0 aliphatic heterocycles. The number of rotatable bonds is 6. The summed E-state index contributed by atoms with van der Waals surface area (Å²) >= 11 is 0. The summed E-state index contributed by atoms with van der Waals surface area (Å²) in [7, 11) is 3.95. The molecule has 0 aliphatic carbocycles. The second-order valence-electron chi connectivity index (χ2n) is 4.26. The van der Waals surface area contributed by atoms with E-state index in [-0.39, 0.29) is 11.3 Å². The van der Waals surface area contributed by atoms with Crippen LogP contribution < -0.4 is 14.8 Å². The predicted molar refractivity (Wildman–Crippen MR) is 67.0 cm³/mol. The number of hydrogen-bond donors (Lipinski definition) is 1. The topological polar surface area (TPSA) is 30.5 Å². The molecule has 0 saturated carbocycles. The molecule has 1 unspecified atom stereocenters. The van der Waals surface area contributed by atoms with Crippen molar-refractivity contribution in [3.63, 3.8) is 0 Å². The largest absolute Gasteiger partial charge is 0.493 e. The standard InChI is InChI=1S/C13H17F4NO2/c1-7-5-9(19-3)10(20-4)6-8(7)11(18-2)13(16,17)12(14)15/h5-6,11-12,18H,1-4H3. The lowest BCUT2D eigenvalue weighted by atomic mass is 9.95. The fourth-order valence-corrected chi connectivity index (χ4v) is 1.99. The van der Waals surface area contributed by atoms with Crippen LogP contribution in [0.4, 0.5) is 17.6 Å². The molecule has 0 saturated heterocycles. The van der Waals surface area contributed by atoms with Crippen LogP contribution >= 0.6 is 0 Å². The number of benzene rings is 1. The Morgan fingerprint density at radius 2 is 1.60 bits per heavy atom. The van der Waals surface area contributed by atoms with Gasteiger partial charge in [0.05, 0.1) is 14.2 Å². The summed E-state index contributed by atoms with van der Waals surface area (Å²) in [5.41, 5.74) is 0.442. The maximum absolute atomic E-state index is 13.6. The van der Waals surface area contributed by atoms with E-state index < -0.39 is 18.4 Å². The summed E-state index contributed by atoms with van der Waals surface area (Å²) in [6.45, 7) is 1.54. The normalized spacial score (nSPS) is 13.4. The third-order valence-corrected chi connectivity index (χ3v) is 3.05. The summed E-state index contributed by atoms with van der Waals surface area (Å²) in [5.74, 6) is -3.64. The number of alkyl halides is 4. The second-order valence-corrected chi connectivity index (χ2v) is 4.26. The molecule has 1 aromatic carbocycles. The lowest BCUT2D eigenvalue weighted by Gasteiger charge is -2.28. The number of methoxy groups -OCH3 is 2. The van der Waals surface area contributed by atoms with Gasteiger partial charge in [-0.1, -0.05) is 0 Å². The van der Waals surface area contributed by atoms with Crippen molar-refractivity contribution >= 4 is 0 Å². The minimum Gasteiger partial charge on any atom is -0.493 e. The summed E-state index contributed by atoms with van der Waals surface area (Å²) < 4.78 is 62.4. The Bertz CT molecular complexity index is 466. The van der Waals surface area contributed by atoms with Crippen LogP contribution in [-0.2, 0) is 0 Å². The highest BCUT2D eigenvalue weighted by molar-refractivity contribution is 5.48. The van der Waals surface area contributed by atoms with E-state index in [0.717, 1.165) is 0 Å². The van der Waals surface area contributed by atoms with Crippen LogP contribution in [0.15, 0.2) is 12.1 Å². The van der Waals surface area contributed by atoms with Crippen molar-refractivity contribution in [3.05, 3.63) is 23.3 Å². The Kier molecular flexibility index (Phi) is 5.21. The van der Waals surface area contributed by atoms with Crippen LogP contribution in [0, 0.1) is 6.92 Å². The van der Waals surface area contributed by atoms with Gasteiger partial charge in [0, 0.05) is 0 Å². The van der Waals surface area contributed by atoms with Gasteiger partial charge in [-0.05, 0) is 37.2 Å². The van der Waals surface area contributed by atoms with E-state index in [1.165, 1.54) is 33.4 Å². The van der Waals surface area contributed by atoms with Gasteiger partial charge < -0.3 is 14.8 Å². The molecule has 0 aliphatic rings.